The third-order valence-electron chi connectivity index (χ3n) is 2.40. The highest BCUT2D eigenvalue weighted by atomic mass is 16.5. The second kappa shape index (κ2) is 3.92. The van der Waals surface area contributed by atoms with Crippen LogP contribution in [-0.4, -0.2) is 12.1 Å². The maximum Gasteiger partial charge on any atom is 0.308 e. The van der Waals surface area contributed by atoms with Crippen LogP contribution in [-0.2, 0) is 9.53 Å². The van der Waals surface area contributed by atoms with Gasteiger partial charge in [-0.3, -0.25) is 4.79 Å². The lowest BCUT2D eigenvalue weighted by molar-refractivity contribution is -0.152. The van der Waals surface area contributed by atoms with E-state index in [9.17, 15) is 4.79 Å². The van der Waals surface area contributed by atoms with Crippen molar-refractivity contribution in [3.05, 3.63) is 0 Å². The smallest absolute Gasteiger partial charge is 0.308 e. The van der Waals surface area contributed by atoms with E-state index < -0.39 is 0 Å². The molecule has 2 nitrogen and oxygen atoms in total. The highest BCUT2D eigenvalue weighted by molar-refractivity contribution is 5.71. The minimum Gasteiger partial charge on any atom is -0.462 e. The van der Waals surface area contributed by atoms with E-state index in [1.165, 1.54) is 6.42 Å². The molecule has 0 amide bonds. The molecule has 12 heavy (non-hydrogen) atoms. The Morgan fingerprint density at radius 3 is 2.50 bits per heavy atom. The fourth-order valence-electron chi connectivity index (χ4n) is 1.56. The van der Waals surface area contributed by atoms with Crippen LogP contribution in [0.25, 0.3) is 0 Å². The first-order chi connectivity index (χ1) is 5.59. The van der Waals surface area contributed by atoms with Crippen molar-refractivity contribution in [2.45, 2.75) is 46.1 Å². The fourth-order valence-corrected chi connectivity index (χ4v) is 1.56. The van der Waals surface area contributed by atoms with Gasteiger partial charge in [0.05, 0.1) is 5.92 Å². The second-order valence-electron chi connectivity index (χ2n) is 4.13. The Bertz CT molecular complexity index is 163. The van der Waals surface area contributed by atoms with E-state index in [0.29, 0.717) is 0 Å². The average molecular weight is 170 g/mol. The van der Waals surface area contributed by atoms with Crippen molar-refractivity contribution in [2.24, 2.45) is 11.8 Å². The van der Waals surface area contributed by atoms with Crippen LogP contribution in [0.4, 0.5) is 0 Å². The highest BCUT2D eigenvalue weighted by Crippen LogP contribution is 2.27. The summed E-state index contributed by atoms with van der Waals surface area (Å²) in [6.07, 6.45) is 3.52. The van der Waals surface area contributed by atoms with Crippen molar-refractivity contribution < 1.29 is 9.53 Å². The summed E-state index contributed by atoms with van der Waals surface area (Å²) in [4.78, 5) is 11.2. The van der Waals surface area contributed by atoms with Crippen LogP contribution >= 0.6 is 0 Å². The van der Waals surface area contributed by atoms with Gasteiger partial charge in [-0.1, -0.05) is 20.8 Å². The molecule has 0 N–H and O–H groups in total. The minimum absolute atomic E-state index is 0.0147. The minimum atomic E-state index is -0.0471. The van der Waals surface area contributed by atoms with Gasteiger partial charge in [0, 0.05) is 0 Å². The van der Waals surface area contributed by atoms with Crippen molar-refractivity contribution in [3.8, 4) is 0 Å². The molecule has 0 aromatic rings. The van der Waals surface area contributed by atoms with Crippen LogP contribution < -0.4 is 0 Å². The first-order valence-electron chi connectivity index (χ1n) is 4.80. The van der Waals surface area contributed by atoms with Crippen molar-refractivity contribution in [2.75, 3.05) is 0 Å². The monoisotopic (exact) mass is 170 g/mol. The zero-order chi connectivity index (χ0) is 9.14. The summed E-state index contributed by atoms with van der Waals surface area (Å²) in [5.41, 5.74) is 0. The third-order valence-corrected chi connectivity index (χ3v) is 2.40. The van der Waals surface area contributed by atoms with Gasteiger partial charge in [-0.2, -0.15) is 0 Å². The molecule has 70 valence electrons. The van der Waals surface area contributed by atoms with Gasteiger partial charge in [0.15, 0.2) is 0 Å². The van der Waals surface area contributed by atoms with Crippen LogP contribution in [0.15, 0.2) is 0 Å². The molecular weight excluding hydrogens is 152 g/mol. The van der Waals surface area contributed by atoms with Gasteiger partial charge in [0.2, 0.25) is 0 Å². The average Bonchev–Trinajstić information content (AvgIpc) is 2.35. The fraction of sp³-hybridized carbons (Fsp3) is 0.900. The van der Waals surface area contributed by atoms with Crippen LogP contribution in [0.3, 0.4) is 0 Å². The molecule has 0 radical (unpaired) electrons. The lowest BCUT2D eigenvalue weighted by Crippen LogP contribution is -2.19. The van der Waals surface area contributed by atoms with Gasteiger partial charge in [-0.15, -0.1) is 0 Å². The van der Waals surface area contributed by atoms with Gasteiger partial charge in [0.25, 0.3) is 0 Å². The van der Waals surface area contributed by atoms with Gasteiger partial charge >= 0.3 is 5.97 Å². The number of hydrogen-bond donors (Lipinski definition) is 0. The molecule has 1 aliphatic rings. The lowest BCUT2D eigenvalue weighted by atomic mass is 10.1. The van der Waals surface area contributed by atoms with Crippen LogP contribution in [0.2, 0.25) is 0 Å². The molecule has 0 bridgehead atoms. The molecule has 1 aliphatic carbocycles. The van der Waals surface area contributed by atoms with E-state index in [-0.39, 0.29) is 18.0 Å². The number of esters is 1. The Morgan fingerprint density at radius 1 is 1.42 bits per heavy atom. The van der Waals surface area contributed by atoms with Crippen molar-refractivity contribution in [3.63, 3.8) is 0 Å². The molecule has 1 rings (SSSR count). The molecule has 1 fully saturated rings. The summed E-state index contributed by atoms with van der Waals surface area (Å²) in [6, 6.07) is 0. The molecule has 0 aromatic heterocycles. The van der Waals surface area contributed by atoms with Gasteiger partial charge in [-0.25, -0.2) is 0 Å². The Kier molecular flexibility index (Phi) is 3.12. The van der Waals surface area contributed by atoms with E-state index >= 15 is 0 Å². The maximum absolute atomic E-state index is 11.2. The highest BCUT2D eigenvalue weighted by Gasteiger charge is 2.25. The summed E-state index contributed by atoms with van der Waals surface area (Å²) in [7, 11) is 0. The second-order valence-corrected chi connectivity index (χ2v) is 4.13. The summed E-state index contributed by atoms with van der Waals surface area (Å²) < 4.78 is 5.30. The van der Waals surface area contributed by atoms with Crippen molar-refractivity contribution >= 4 is 5.97 Å². The van der Waals surface area contributed by atoms with E-state index in [0.717, 1.165) is 18.8 Å². The van der Waals surface area contributed by atoms with E-state index in [4.69, 9.17) is 4.74 Å². The Labute approximate surface area is 74.3 Å². The Hall–Kier alpha value is -0.530. The zero-order valence-electron chi connectivity index (χ0n) is 8.17. The molecule has 2 heteroatoms. The third kappa shape index (κ3) is 2.50. The van der Waals surface area contributed by atoms with E-state index in [2.05, 4.69) is 6.92 Å². The molecule has 0 spiro atoms. The molecule has 0 heterocycles. The van der Waals surface area contributed by atoms with Crippen LogP contribution in [0.1, 0.15) is 40.0 Å². The molecule has 0 aromatic carbocycles. The molecule has 2 unspecified atom stereocenters. The standard InChI is InChI=1S/C10H18O2/c1-7(2)10(11)12-9-5-4-8(3)6-9/h7-9H,4-6H2,1-3H3. The van der Waals surface area contributed by atoms with E-state index in [1.54, 1.807) is 0 Å². The first kappa shape index (κ1) is 9.56. The maximum atomic E-state index is 11.2. The van der Waals surface area contributed by atoms with Crippen LogP contribution in [0.5, 0.6) is 0 Å². The SMILES string of the molecule is CC1CCC(OC(=O)C(C)C)C1. The number of hydrogen-bond acceptors (Lipinski definition) is 2. The van der Waals surface area contributed by atoms with Crippen molar-refractivity contribution in [1.82, 2.24) is 0 Å². The quantitative estimate of drug-likeness (QED) is 0.595. The van der Waals surface area contributed by atoms with Gasteiger partial charge in [0.1, 0.15) is 6.10 Å². The number of ether oxygens (including phenoxy) is 1. The number of carbonyl (C=O) groups excluding carboxylic acids is 1. The number of rotatable bonds is 2. The molecule has 2 atom stereocenters. The number of carbonyl (C=O) groups is 1. The van der Waals surface area contributed by atoms with Gasteiger partial charge < -0.3 is 4.74 Å². The predicted octanol–water partition coefficient (Wildman–Crippen LogP) is 2.37. The molecular formula is C10H18O2. The Balaban J connectivity index is 2.28. The summed E-state index contributed by atoms with van der Waals surface area (Å²) >= 11 is 0. The van der Waals surface area contributed by atoms with Crippen molar-refractivity contribution in [1.29, 1.82) is 0 Å². The molecule has 0 aliphatic heterocycles. The zero-order valence-corrected chi connectivity index (χ0v) is 8.17. The Morgan fingerprint density at radius 2 is 2.08 bits per heavy atom. The van der Waals surface area contributed by atoms with E-state index in [1.807, 2.05) is 13.8 Å². The largest absolute Gasteiger partial charge is 0.462 e. The molecule has 1 saturated carbocycles. The lowest BCUT2D eigenvalue weighted by Gasteiger charge is -2.13. The normalized spacial score (nSPS) is 29.3. The first-order valence-corrected chi connectivity index (χ1v) is 4.80. The summed E-state index contributed by atoms with van der Waals surface area (Å²) in [6.45, 7) is 5.96. The summed E-state index contributed by atoms with van der Waals surface area (Å²) in [5, 5.41) is 0. The van der Waals surface area contributed by atoms with Crippen LogP contribution in [0, 0.1) is 11.8 Å². The molecule has 0 saturated heterocycles. The predicted molar refractivity (Wildman–Crippen MR) is 47.7 cm³/mol. The van der Waals surface area contributed by atoms with Gasteiger partial charge in [-0.05, 0) is 25.2 Å². The topological polar surface area (TPSA) is 26.3 Å². The summed E-state index contributed by atoms with van der Waals surface area (Å²) in [5.74, 6) is 0.699.